The Morgan fingerprint density at radius 2 is 2.07 bits per heavy atom. The molecular formula is C21H20ClN7O. The van der Waals surface area contributed by atoms with E-state index in [1.807, 2.05) is 6.07 Å². The Morgan fingerprint density at radius 1 is 1.27 bits per heavy atom. The van der Waals surface area contributed by atoms with Gasteiger partial charge in [0.05, 0.1) is 23.0 Å². The molecule has 30 heavy (non-hydrogen) atoms. The van der Waals surface area contributed by atoms with Crippen molar-refractivity contribution in [1.82, 2.24) is 19.9 Å². The number of nitriles is 1. The fourth-order valence-electron chi connectivity index (χ4n) is 3.46. The van der Waals surface area contributed by atoms with E-state index < -0.39 is 6.10 Å². The zero-order valence-electron chi connectivity index (χ0n) is 16.4. The Hall–Kier alpha value is -3.28. The predicted octanol–water partition coefficient (Wildman–Crippen LogP) is 2.81. The predicted molar refractivity (Wildman–Crippen MR) is 113 cm³/mol. The van der Waals surface area contributed by atoms with E-state index in [1.54, 1.807) is 31.5 Å². The first-order valence-electron chi connectivity index (χ1n) is 9.53. The molecule has 0 amide bonds. The van der Waals surface area contributed by atoms with Crippen LogP contribution in [0.5, 0.6) is 0 Å². The molecule has 3 heterocycles. The van der Waals surface area contributed by atoms with Gasteiger partial charge in [-0.25, -0.2) is 19.9 Å². The summed E-state index contributed by atoms with van der Waals surface area (Å²) in [5, 5.41) is 23.7. The molecule has 1 aliphatic rings. The lowest BCUT2D eigenvalue weighted by atomic mass is 10.0. The summed E-state index contributed by atoms with van der Waals surface area (Å²) in [5.41, 5.74) is 3.92. The van der Waals surface area contributed by atoms with E-state index in [0.29, 0.717) is 34.3 Å². The number of aliphatic hydroxyl groups is 1. The van der Waals surface area contributed by atoms with Gasteiger partial charge in [-0.15, -0.1) is 0 Å². The summed E-state index contributed by atoms with van der Waals surface area (Å²) in [5.74, 6) is 1.33. The number of nitrogens with zero attached hydrogens (tertiary/aromatic N) is 6. The van der Waals surface area contributed by atoms with Gasteiger partial charge in [-0.3, -0.25) is 0 Å². The second-order valence-corrected chi connectivity index (χ2v) is 7.49. The van der Waals surface area contributed by atoms with Crippen LogP contribution in [0.3, 0.4) is 0 Å². The summed E-state index contributed by atoms with van der Waals surface area (Å²) in [6, 6.07) is 7.54. The highest BCUT2D eigenvalue weighted by Crippen LogP contribution is 2.30. The summed E-state index contributed by atoms with van der Waals surface area (Å²) >= 11 is 6.04. The molecule has 9 heteroatoms. The van der Waals surface area contributed by atoms with Crippen molar-refractivity contribution in [2.45, 2.75) is 26.0 Å². The van der Waals surface area contributed by atoms with Gasteiger partial charge in [0.2, 0.25) is 0 Å². The van der Waals surface area contributed by atoms with Gasteiger partial charge in [-0.05, 0) is 25.1 Å². The van der Waals surface area contributed by atoms with Crippen LogP contribution in [0, 0.1) is 18.3 Å². The van der Waals surface area contributed by atoms with Crippen molar-refractivity contribution in [2.24, 2.45) is 0 Å². The minimum Gasteiger partial charge on any atom is -0.386 e. The number of hydrogen-bond donors (Lipinski definition) is 2. The first-order chi connectivity index (χ1) is 14.5. The molecule has 1 aromatic carbocycles. The number of aromatic nitrogens is 4. The second kappa shape index (κ2) is 8.61. The van der Waals surface area contributed by atoms with Gasteiger partial charge >= 0.3 is 0 Å². The number of aryl methyl sites for hydroxylation is 1. The smallest absolute Gasteiger partial charge is 0.134 e. The average molecular weight is 422 g/mol. The lowest BCUT2D eigenvalue weighted by Crippen LogP contribution is -2.32. The molecule has 0 bridgehead atoms. The van der Waals surface area contributed by atoms with Crippen molar-refractivity contribution >= 4 is 23.1 Å². The molecule has 2 aromatic heterocycles. The Morgan fingerprint density at radius 3 is 2.83 bits per heavy atom. The monoisotopic (exact) mass is 421 g/mol. The van der Waals surface area contributed by atoms with E-state index >= 15 is 0 Å². The third-order valence-corrected chi connectivity index (χ3v) is 5.31. The van der Waals surface area contributed by atoms with Gasteiger partial charge < -0.3 is 15.3 Å². The van der Waals surface area contributed by atoms with Crippen molar-refractivity contribution in [2.75, 3.05) is 23.3 Å². The summed E-state index contributed by atoms with van der Waals surface area (Å²) in [7, 11) is 0. The van der Waals surface area contributed by atoms with Crippen LogP contribution in [0.1, 0.15) is 34.3 Å². The number of rotatable bonds is 5. The highest BCUT2D eigenvalue weighted by molar-refractivity contribution is 6.30. The van der Waals surface area contributed by atoms with Gasteiger partial charge in [0.15, 0.2) is 0 Å². The normalized spacial score (nSPS) is 14.0. The maximum atomic E-state index is 10.5. The Kier molecular flexibility index (Phi) is 5.74. The van der Waals surface area contributed by atoms with Crippen molar-refractivity contribution in [3.63, 3.8) is 0 Å². The number of anilines is 2. The highest BCUT2D eigenvalue weighted by atomic mass is 35.5. The molecule has 0 saturated carbocycles. The van der Waals surface area contributed by atoms with Crippen LogP contribution in [0.15, 0.2) is 36.9 Å². The Balaban J connectivity index is 1.53. The Bertz CT molecular complexity index is 1100. The molecule has 0 spiro atoms. The highest BCUT2D eigenvalue weighted by Gasteiger charge is 2.23. The van der Waals surface area contributed by atoms with E-state index in [4.69, 9.17) is 11.6 Å². The van der Waals surface area contributed by atoms with Crippen LogP contribution in [0.4, 0.5) is 11.5 Å². The van der Waals surface area contributed by atoms with Crippen LogP contribution in [0.2, 0.25) is 5.02 Å². The molecule has 4 rings (SSSR count). The molecule has 0 unspecified atom stereocenters. The van der Waals surface area contributed by atoms with Gasteiger partial charge in [0.25, 0.3) is 0 Å². The third-order valence-electron chi connectivity index (χ3n) is 5.07. The largest absolute Gasteiger partial charge is 0.386 e. The topological polar surface area (TPSA) is 111 Å². The second-order valence-electron chi connectivity index (χ2n) is 7.05. The lowest BCUT2D eigenvalue weighted by Gasteiger charge is -2.31. The molecule has 152 valence electrons. The summed E-state index contributed by atoms with van der Waals surface area (Å²) in [6.45, 7) is 3.35. The quantitative estimate of drug-likeness (QED) is 0.646. The average Bonchev–Trinajstić information content (AvgIpc) is 2.77. The molecule has 8 nitrogen and oxygen atoms in total. The van der Waals surface area contributed by atoms with Gasteiger partial charge in [0, 0.05) is 54.6 Å². The van der Waals surface area contributed by atoms with E-state index in [0.717, 1.165) is 29.9 Å². The number of hydrogen-bond acceptors (Lipinski definition) is 8. The van der Waals surface area contributed by atoms with Crippen LogP contribution in [-0.4, -0.2) is 38.1 Å². The minimum absolute atomic E-state index is 0.264. The van der Waals surface area contributed by atoms with Crippen LogP contribution in [0.25, 0.3) is 0 Å². The lowest BCUT2D eigenvalue weighted by molar-refractivity contribution is 0.190. The Labute approximate surface area is 179 Å². The van der Waals surface area contributed by atoms with Gasteiger partial charge in [-0.2, -0.15) is 5.26 Å². The molecule has 0 radical (unpaired) electrons. The number of nitrogens with one attached hydrogen (secondary N) is 1. The van der Waals surface area contributed by atoms with Crippen LogP contribution in [-0.2, 0) is 13.0 Å². The van der Waals surface area contributed by atoms with Crippen molar-refractivity contribution in [3.05, 3.63) is 70.2 Å². The summed E-state index contributed by atoms with van der Waals surface area (Å²) in [4.78, 5) is 19.2. The van der Waals surface area contributed by atoms with Crippen LogP contribution < -0.4 is 10.2 Å². The molecule has 0 aliphatic carbocycles. The molecule has 1 aliphatic heterocycles. The maximum Gasteiger partial charge on any atom is 0.134 e. The summed E-state index contributed by atoms with van der Waals surface area (Å²) < 4.78 is 0. The third kappa shape index (κ3) is 4.17. The molecule has 2 N–H and O–H groups in total. The van der Waals surface area contributed by atoms with E-state index in [-0.39, 0.29) is 6.54 Å². The minimum atomic E-state index is -0.766. The van der Waals surface area contributed by atoms with Crippen molar-refractivity contribution < 1.29 is 5.11 Å². The summed E-state index contributed by atoms with van der Waals surface area (Å²) in [6.07, 6.45) is 4.73. The molecular weight excluding hydrogens is 402 g/mol. The number of aliphatic hydroxyl groups excluding tert-OH is 1. The number of fused-ring (bicyclic) bond motifs is 1. The zero-order valence-corrected chi connectivity index (χ0v) is 17.1. The number of benzene rings is 1. The maximum absolute atomic E-state index is 10.5. The zero-order chi connectivity index (χ0) is 21.1. The first kappa shape index (κ1) is 20.0. The van der Waals surface area contributed by atoms with Crippen LogP contribution >= 0.6 is 11.6 Å². The molecule has 3 aromatic rings. The van der Waals surface area contributed by atoms with E-state index in [9.17, 15) is 10.4 Å². The first-order valence-corrected chi connectivity index (χ1v) is 9.91. The van der Waals surface area contributed by atoms with Gasteiger partial charge in [-0.1, -0.05) is 11.6 Å². The fraction of sp³-hybridized carbons (Fsp3) is 0.286. The fourth-order valence-corrected chi connectivity index (χ4v) is 3.63. The number of halogens is 1. The standard InChI is InChI=1S/C21H20ClN7O/c1-13-24-8-15(9-25-13)20(30)10-26-21-17-11-29(5-4-18(17)27-12-28-21)19-3-2-16(22)6-14(19)7-23/h2-3,6,8-9,12,20,30H,4-5,10-11H2,1H3,(H,26,27,28)/t20-/m1/s1. The van der Waals surface area contributed by atoms with Gasteiger partial charge in [0.1, 0.15) is 24.0 Å². The van der Waals surface area contributed by atoms with Crippen molar-refractivity contribution in [1.29, 1.82) is 5.26 Å². The SMILES string of the molecule is Cc1ncc([C@H](O)CNc2ncnc3c2CN(c2ccc(Cl)cc2C#N)CC3)cn1. The molecule has 0 saturated heterocycles. The molecule has 0 fully saturated rings. The van der Waals surface area contributed by atoms with Crippen molar-refractivity contribution in [3.8, 4) is 6.07 Å². The van der Waals surface area contributed by atoms with E-state index in [1.165, 1.54) is 6.33 Å². The molecule has 1 atom stereocenters. The van der Waals surface area contributed by atoms with E-state index in [2.05, 4.69) is 36.2 Å².